The minimum Gasteiger partial charge on any atom is -0.515 e. The van der Waals surface area contributed by atoms with Crippen molar-refractivity contribution in [2.24, 2.45) is 0 Å². The van der Waals surface area contributed by atoms with E-state index in [1.165, 1.54) is 5.69 Å². The lowest BCUT2D eigenvalue weighted by atomic mass is 10.1. The molecule has 0 aliphatic heterocycles. The quantitative estimate of drug-likeness (QED) is 0.761. The van der Waals surface area contributed by atoms with Gasteiger partial charge in [0.15, 0.2) is 0 Å². The number of benzene rings is 1. The zero-order chi connectivity index (χ0) is 11.3. The Morgan fingerprint density at radius 2 is 1.93 bits per heavy atom. The van der Waals surface area contributed by atoms with Crippen LogP contribution >= 0.6 is 0 Å². The standard InChI is InChI=1S/C13H19NO/c1-4-9-14(3)13-7-5-12(6-8-13)11(2)10-15/h5-8,10,15H,4,9H2,1-3H3/b11-10+. The van der Waals surface area contributed by atoms with Crippen LogP contribution in [-0.2, 0) is 0 Å². The molecule has 0 heterocycles. The van der Waals surface area contributed by atoms with Crippen LogP contribution in [0, 0.1) is 0 Å². The van der Waals surface area contributed by atoms with Gasteiger partial charge in [0.1, 0.15) is 0 Å². The van der Waals surface area contributed by atoms with Crippen molar-refractivity contribution in [3.05, 3.63) is 36.1 Å². The van der Waals surface area contributed by atoms with Gasteiger partial charge in [-0.15, -0.1) is 0 Å². The van der Waals surface area contributed by atoms with E-state index < -0.39 is 0 Å². The van der Waals surface area contributed by atoms with E-state index in [1.807, 2.05) is 19.1 Å². The molecule has 0 unspecified atom stereocenters. The Kier molecular flexibility index (Phi) is 4.22. The Morgan fingerprint density at radius 3 is 2.40 bits per heavy atom. The number of nitrogens with zero attached hydrogens (tertiary/aromatic N) is 1. The summed E-state index contributed by atoms with van der Waals surface area (Å²) in [6.45, 7) is 5.13. The first-order valence-electron chi connectivity index (χ1n) is 5.31. The highest BCUT2D eigenvalue weighted by molar-refractivity contribution is 5.64. The number of aliphatic hydroxyl groups excluding tert-OH is 1. The van der Waals surface area contributed by atoms with Crippen LogP contribution < -0.4 is 4.90 Å². The molecule has 0 spiro atoms. The first kappa shape index (κ1) is 11.6. The molecule has 0 aliphatic rings. The summed E-state index contributed by atoms with van der Waals surface area (Å²) in [5, 5.41) is 8.88. The third-order valence-electron chi connectivity index (χ3n) is 2.52. The summed E-state index contributed by atoms with van der Waals surface area (Å²) in [5.41, 5.74) is 3.16. The van der Waals surface area contributed by atoms with Crippen molar-refractivity contribution in [3.8, 4) is 0 Å². The summed E-state index contributed by atoms with van der Waals surface area (Å²) in [6, 6.07) is 8.23. The van der Waals surface area contributed by atoms with Crippen molar-refractivity contribution in [1.82, 2.24) is 0 Å². The van der Waals surface area contributed by atoms with E-state index in [2.05, 4.69) is 31.0 Å². The summed E-state index contributed by atoms with van der Waals surface area (Å²) < 4.78 is 0. The van der Waals surface area contributed by atoms with E-state index in [-0.39, 0.29) is 0 Å². The highest BCUT2D eigenvalue weighted by Crippen LogP contribution is 2.18. The monoisotopic (exact) mass is 205 g/mol. The normalized spacial score (nSPS) is 11.5. The summed E-state index contributed by atoms with van der Waals surface area (Å²) in [5.74, 6) is 0. The van der Waals surface area contributed by atoms with E-state index in [0.717, 1.165) is 30.4 Å². The van der Waals surface area contributed by atoms with Crippen molar-refractivity contribution in [3.63, 3.8) is 0 Å². The Morgan fingerprint density at radius 1 is 1.33 bits per heavy atom. The molecule has 2 nitrogen and oxygen atoms in total. The molecule has 0 radical (unpaired) electrons. The third-order valence-corrected chi connectivity index (χ3v) is 2.52. The van der Waals surface area contributed by atoms with Gasteiger partial charge in [-0.1, -0.05) is 19.1 Å². The lowest BCUT2D eigenvalue weighted by molar-refractivity contribution is 0.475. The molecule has 0 aliphatic carbocycles. The number of rotatable bonds is 4. The average Bonchev–Trinajstić information content (AvgIpc) is 2.28. The number of hydrogen-bond donors (Lipinski definition) is 1. The fraction of sp³-hybridized carbons (Fsp3) is 0.385. The van der Waals surface area contributed by atoms with Crippen LogP contribution in [0.2, 0.25) is 0 Å². The molecular formula is C13H19NO. The Bertz CT molecular complexity index is 327. The molecule has 0 bridgehead atoms. The molecule has 0 atom stereocenters. The lowest BCUT2D eigenvalue weighted by Crippen LogP contribution is -2.17. The predicted molar refractivity (Wildman–Crippen MR) is 66.3 cm³/mol. The Balaban J connectivity index is 2.80. The van der Waals surface area contributed by atoms with E-state index >= 15 is 0 Å². The van der Waals surface area contributed by atoms with Crippen molar-refractivity contribution in [1.29, 1.82) is 0 Å². The molecule has 0 aromatic heterocycles. The summed E-state index contributed by atoms with van der Waals surface area (Å²) >= 11 is 0. The molecular weight excluding hydrogens is 186 g/mol. The predicted octanol–water partition coefficient (Wildman–Crippen LogP) is 3.45. The van der Waals surface area contributed by atoms with Crippen molar-refractivity contribution in [2.75, 3.05) is 18.5 Å². The van der Waals surface area contributed by atoms with Gasteiger partial charge in [0, 0.05) is 19.3 Å². The minimum atomic E-state index is 0.889. The zero-order valence-electron chi connectivity index (χ0n) is 9.70. The van der Waals surface area contributed by atoms with Gasteiger partial charge in [-0.2, -0.15) is 0 Å². The largest absolute Gasteiger partial charge is 0.515 e. The summed E-state index contributed by atoms with van der Waals surface area (Å²) in [6.07, 6.45) is 2.29. The summed E-state index contributed by atoms with van der Waals surface area (Å²) in [7, 11) is 2.09. The second kappa shape index (κ2) is 5.44. The maximum atomic E-state index is 8.88. The van der Waals surface area contributed by atoms with Gasteiger partial charge in [-0.3, -0.25) is 0 Å². The van der Waals surface area contributed by atoms with Crippen LogP contribution in [0.3, 0.4) is 0 Å². The van der Waals surface area contributed by atoms with Gasteiger partial charge in [-0.05, 0) is 36.6 Å². The second-order valence-corrected chi connectivity index (χ2v) is 3.78. The Hall–Kier alpha value is -1.44. The first-order chi connectivity index (χ1) is 7.19. The molecule has 0 amide bonds. The number of allylic oxidation sites excluding steroid dienone is 1. The maximum Gasteiger partial charge on any atom is 0.0826 e. The second-order valence-electron chi connectivity index (χ2n) is 3.78. The average molecular weight is 205 g/mol. The molecule has 15 heavy (non-hydrogen) atoms. The number of hydrogen-bond acceptors (Lipinski definition) is 2. The lowest BCUT2D eigenvalue weighted by Gasteiger charge is -2.18. The summed E-state index contributed by atoms with van der Waals surface area (Å²) in [4.78, 5) is 2.22. The highest BCUT2D eigenvalue weighted by atomic mass is 16.2. The molecule has 0 fully saturated rings. The van der Waals surface area contributed by atoms with Crippen LogP contribution in [0.4, 0.5) is 5.69 Å². The van der Waals surface area contributed by atoms with E-state index in [0.29, 0.717) is 0 Å². The smallest absolute Gasteiger partial charge is 0.0826 e. The van der Waals surface area contributed by atoms with E-state index in [4.69, 9.17) is 5.11 Å². The molecule has 0 saturated carbocycles. The van der Waals surface area contributed by atoms with Crippen LogP contribution in [0.5, 0.6) is 0 Å². The van der Waals surface area contributed by atoms with Gasteiger partial charge in [0.2, 0.25) is 0 Å². The van der Waals surface area contributed by atoms with Gasteiger partial charge >= 0.3 is 0 Å². The molecule has 2 heteroatoms. The highest BCUT2D eigenvalue weighted by Gasteiger charge is 2.00. The molecule has 1 N–H and O–H groups in total. The molecule has 1 aromatic rings. The van der Waals surface area contributed by atoms with Crippen molar-refractivity contribution < 1.29 is 5.11 Å². The van der Waals surface area contributed by atoms with Gasteiger partial charge in [-0.25, -0.2) is 0 Å². The third kappa shape index (κ3) is 3.01. The van der Waals surface area contributed by atoms with Gasteiger partial charge < -0.3 is 10.0 Å². The van der Waals surface area contributed by atoms with Crippen LogP contribution in [0.25, 0.3) is 5.57 Å². The topological polar surface area (TPSA) is 23.5 Å². The maximum absolute atomic E-state index is 8.88. The fourth-order valence-electron chi connectivity index (χ4n) is 1.52. The Labute approximate surface area is 91.9 Å². The van der Waals surface area contributed by atoms with E-state index in [1.54, 1.807) is 0 Å². The molecule has 82 valence electrons. The molecule has 0 saturated heterocycles. The zero-order valence-corrected chi connectivity index (χ0v) is 9.70. The fourth-order valence-corrected chi connectivity index (χ4v) is 1.52. The van der Waals surface area contributed by atoms with Crippen LogP contribution in [-0.4, -0.2) is 18.7 Å². The minimum absolute atomic E-state index is 0.889. The van der Waals surface area contributed by atoms with Crippen molar-refractivity contribution in [2.45, 2.75) is 20.3 Å². The molecule has 1 rings (SSSR count). The van der Waals surface area contributed by atoms with Gasteiger partial charge in [0.25, 0.3) is 0 Å². The van der Waals surface area contributed by atoms with Crippen LogP contribution in [0.1, 0.15) is 25.8 Å². The number of aliphatic hydroxyl groups is 1. The van der Waals surface area contributed by atoms with Gasteiger partial charge in [0.05, 0.1) is 6.26 Å². The van der Waals surface area contributed by atoms with Crippen LogP contribution in [0.15, 0.2) is 30.5 Å². The van der Waals surface area contributed by atoms with E-state index in [9.17, 15) is 0 Å². The van der Waals surface area contributed by atoms with Crippen molar-refractivity contribution >= 4 is 11.3 Å². The number of anilines is 1. The molecule has 1 aromatic carbocycles. The SMILES string of the molecule is CCCN(C)c1ccc(/C(C)=C/O)cc1. The first-order valence-corrected chi connectivity index (χ1v) is 5.31.